The SMILES string of the molecule is CCCC[C@H]1CCC[C@H]1NC(=O)N(C)CC. The van der Waals surface area contributed by atoms with E-state index in [4.69, 9.17) is 0 Å². The number of hydrogen-bond donors (Lipinski definition) is 1. The molecule has 0 heterocycles. The number of hydrogen-bond acceptors (Lipinski definition) is 1. The Morgan fingerprint density at radius 2 is 2.12 bits per heavy atom. The maximum atomic E-state index is 11.8. The highest BCUT2D eigenvalue weighted by atomic mass is 16.2. The van der Waals surface area contributed by atoms with Gasteiger partial charge in [0.05, 0.1) is 0 Å². The van der Waals surface area contributed by atoms with Crippen LogP contribution in [0.15, 0.2) is 0 Å². The molecule has 0 unspecified atom stereocenters. The lowest BCUT2D eigenvalue weighted by Gasteiger charge is -2.24. The molecular formula is C13H26N2O. The van der Waals surface area contributed by atoms with Crippen LogP contribution in [-0.2, 0) is 0 Å². The third-order valence-electron chi connectivity index (χ3n) is 3.72. The molecule has 1 fully saturated rings. The number of nitrogens with one attached hydrogen (secondary N) is 1. The summed E-state index contributed by atoms with van der Waals surface area (Å²) in [5, 5.41) is 3.18. The summed E-state index contributed by atoms with van der Waals surface area (Å²) in [6.45, 7) is 5.01. The number of amides is 2. The molecule has 0 radical (unpaired) electrons. The van der Waals surface area contributed by atoms with Gasteiger partial charge in [-0.25, -0.2) is 4.79 Å². The molecule has 1 N–H and O–H groups in total. The lowest BCUT2D eigenvalue weighted by atomic mass is 9.97. The van der Waals surface area contributed by atoms with Gasteiger partial charge in [0.15, 0.2) is 0 Å². The van der Waals surface area contributed by atoms with E-state index in [9.17, 15) is 4.79 Å². The van der Waals surface area contributed by atoms with Crippen LogP contribution in [0.25, 0.3) is 0 Å². The van der Waals surface area contributed by atoms with Crippen molar-refractivity contribution in [2.45, 2.75) is 58.4 Å². The average molecular weight is 226 g/mol. The molecule has 2 amide bonds. The monoisotopic (exact) mass is 226 g/mol. The van der Waals surface area contributed by atoms with Crippen molar-refractivity contribution in [1.29, 1.82) is 0 Å². The molecule has 3 nitrogen and oxygen atoms in total. The van der Waals surface area contributed by atoms with Gasteiger partial charge in [0.1, 0.15) is 0 Å². The van der Waals surface area contributed by atoms with Gasteiger partial charge in [-0.3, -0.25) is 0 Å². The average Bonchev–Trinajstić information content (AvgIpc) is 2.72. The van der Waals surface area contributed by atoms with E-state index >= 15 is 0 Å². The molecule has 3 heteroatoms. The van der Waals surface area contributed by atoms with Crippen molar-refractivity contribution in [1.82, 2.24) is 10.2 Å². The number of nitrogens with zero attached hydrogens (tertiary/aromatic N) is 1. The minimum atomic E-state index is 0.0934. The molecule has 0 spiro atoms. The Hall–Kier alpha value is -0.730. The molecule has 0 saturated heterocycles. The van der Waals surface area contributed by atoms with Crippen LogP contribution in [0.4, 0.5) is 4.79 Å². The first-order valence-electron chi connectivity index (χ1n) is 6.70. The standard InChI is InChI=1S/C13H26N2O/c1-4-6-8-11-9-7-10-12(11)14-13(16)15(3)5-2/h11-12H,4-10H2,1-3H3,(H,14,16)/t11-,12+/m0/s1. The molecule has 0 aromatic carbocycles. The summed E-state index contributed by atoms with van der Waals surface area (Å²) in [4.78, 5) is 13.5. The maximum absolute atomic E-state index is 11.8. The first-order chi connectivity index (χ1) is 7.69. The number of carbonyl (C=O) groups excluding carboxylic acids is 1. The van der Waals surface area contributed by atoms with Crippen molar-refractivity contribution >= 4 is 6.03 Å². The van der Waals surface area contributed by atoms with Gasteiger partial charge >= 0.3 is 6.03 Å². The molecule has 1 aliphatic rings. The second kappa shape index (κ2) is 6.77. The van der Waals surface area contributed by atoms with Gasteiger partial charge in [0, 0.05) is 19.6 Å². The van der Waals surface area contributed by atoms with E-state index in [1.807, 2.05) is 14.0 Å². The van der Waals surface area contributed by atoms with Gasteiger partial charge in [-0.1, -0.05) is 26.2 Å². The van der Waals surface area contributed by atoms with E-state index in [1.54, 1.807) is 4.90 Å². The third-order valence-corrected chi connectivity index (χ3v) is 3.72. The van der Waals surface area contributed by atoms with Crippen LogP contribution in [0, 0.1) is 5.92 Å². The summed E-state index contributed by atoms with van der Waals surface area (Å²) in [7, 11) is 1.85. The van der Waals surface area contributed by atoms with Crippen LogP contribution in [0.1, 0.15) is 52.4 Å². The molecular weight excluding hydrogens is 200 g/mol. The largest absolute Gasteiger partial charge is 0.335 e. The number of rotatable bonds is 5. The summed E-state index contributed by atoms with van der Waals surface area (Å²) >= 11 is 0. The second-order valence-corrected chi connectivity index (χ2v) is 4.90. The molecule has 0 aliphatic heterocycles. The van der Waals surface area contributed by atoms with Crippen LogP contribution in [-0.4, -0.2) is 30.6 Å². The Morgan fingerprint density at radius 1 is 1.38 bits per heavy atom. The smallest absolute Gasteiger partial charge is 0.317 e. The minimum absolute atomic E-state index is 0.0934. The molecule has 0 aromatic heterocycles. The van der Waals surface area contributed by atoms with E-state index in [0.29, 0.717) is 12.0 Å². The summed E-state index contributed by atoms with van der Waals surface area (Å²) in [6.07, 6.45) is 7.55. The maximum Gasteiger partial charge on any atom is 0.317 e. The van der Waals surface area contributed by atoms with Crippen molar-refractivity contribution in [3.8, 4) is 0 Å². The lowest BCUT2D eigenvalue weighted by molar-refractivity contribution is 0.202. The van der Waals surface area contributed by atoms with Crippen molar-refractivity contribution in [3.63, 3.8) is 0 Å². The van der Waals surface area contributed by atoms with Crippen molar-refractivity contribution in [3.05, 3.63) is 0 Å². The molecule has 94 valence electrons. The predicted octanol–water partition coefficient (Wildman–Crippen LogP) is 3.01. The zero-order valence-corrected chi connectivity index (χ0v) is 11.0. The Kier molecular flexibility index (Phi) is 5.64. The molecule has 0 bridgehead atoms. The second-order valence-electron chi connectivity index (χ2n) is 4.90. The van der Waals surface area contributed by atoms with E-state index in [-0.39, 0.29) is 6.03 Å². The molecule has 1 saturated carbocycles. The van der Waals surface area contributed by atoms with E-state index in [1.165, 1.54) is 32.1 Å². The number of unbranched alkanes of at least 4 members (excludes halogenated alkanes) is 1. The topological polar surface area (TPSA) is 32.3 Å². The van der Waals surface area contributed by atoms with E-state index < -0.39 is 0 Å². The van der Waals surface area contributed by atoms with Crippen LogP contribution in [0.3, 0.4) is 0 Å². The Bertz CT molecular complexity index is 218. The summed E-state index contributed by atoms with van der Waals surface area (Å²) in [6, 6.07) is 0.518. The lowest BCUT2D eigenvalue weighted by Crippen LogP contribution is -2.44. The highest BCUT2D eigenvalue weighted by Crippen LogP contribution is 2.29. The van der Waals surface area contributed by atoms with Crippen molar-refractivity contribution in [2.24, 2.45) is 5.92 Å². The Morgan fingerprint density at radius 3 is 2.75 bits per heavy atom. The summed E-state index contributed by atoms with van der Waals surface area (Å²) < 4.78 is 0. The summed E-state index contributed by atoms with van der Waals surface area (Å²) in [5.74, 6) is 0.717. The van der Waals surface area contributed by atoms with E-state index in [0.717, 1.165) is 13.0 Å². The van der Waals surface area contributed by atoms with Gasteiger partial charge in [-0.15, -0.1) is 0 Å². The zero-order valence-electron chi connectivity index (χ0n) is 11.0. The molecule has 1 aliphatic carbocycles. The van der Waals surface area contributed by atoms with Gasteiger partial charge in [-0.05, 0) is 32.1 Å². The third kappa shape index (κ3) is 3.69. The summed E-state index contributed by atoms with van der Waals surface area (Å²) in [5.41, 5.74) is 0. The van der Waals surface area contributed by atoms with Gasteiger partial charge in [-0.2, -0.15) is 0 Å². The molecule has 1 rings (SSSR count). The highest BCUT2D eigenvalue weighted by Gasteiger charge is 2.28. The fourth-order valence-electron chi connectivity index (χ4n) is 2.45. The van der Waals surface area contributed by atoms with Gasteiger partial charge in [0.2, 0.25) is 0 Å². The van der Waals surface area contributed by atoms with E-state index in [2.05, 4.69) is 12.2 Å². The predicted molar refractivity (Wildman–Crippen MR) is 67.5 cm³/mol. The minimum Gasteiger partial charge on any atom is -0.335 e. The Balaban J connectivity index is 2.37. The van der Waals surface area contributed by atoms with Gasteiger partial charge in [0.25, 0.3) is 0 Å². The molecule has 0 aromatic rings. The van der Waals surface area contributed by atoms with Crippen LogP contribution >= 0.6 is 0 Å². The first-order valence-corrected chi connectivity index (χ1v) is 6.70. The zero-order chi connectivity index (χ0) is 12.0. The number of carbonyl (C=O) groups is 1. The first kappa shape index (κ1) is 13.3. The highest BCUT2D eigenvalue weighted by molar-refractivity contribution is 5.74. The van der Waals surface area contributed by atoms with Crippen molar-refractivity contribution < 1.29 is 4.79 Å². The molecule has 2 atom stereocenters. The molecule has 16 heavy (non-hydrogen) atoms. The van der Waals surface area contributed by atoms with Crippen LogP contribution < -0.4 is 5.32 Å². The Labute approximate surface area is 99.6 Å². The quantitative estimate of drug-likeness (QED) is 0.768. The number of urea groups is 1. The van der Waals surface area contributed by atoms with Gasteiger partial charge < -0.3 is 10.2 Å². The van der Waals surface area contributed by atoms with Crippen LogP contribution in [0.2, 0.25) is 0 Å². The fraction of sp³-hybridized carbons (Fsp3) is 0.923. The van der Waals surface area contributed by atoms with Crippen molar-refractivity contribution in [2.75, 3.05) is 13.6 Å². The fourth-order valence-corrected chi connectivity index (χ4v) is 2.45. The normalized spacial score (nSPS) is 24.4. The van der Waals surface area contributed by atoms with Crippen LogP contribution in [0.5, 0.6) is 0 Å².